The van der Waals surface area contributed by atoms with Crippen molar-refractivity contribution in [3.8, 4) is 0 Å². The third-order valence-corrected chi connectivity index (χ3v) is 5.05. The number of hydrogen-bond donors (Lipinski definition) is 1. The van der Waals surface area contributed by atoms with Crippen molar-refractivity contribution in [2.45, 2.75) is 72.2 Å². The van der Waals surface area contributed by atoms with Crippen LogP contribution in [0.15, 0.2) is 0 Å². The number of nitrogens with one attached hydrogen (secondary N) is 1. The van der Waals surface area contributed by atoms with Crippen molar-refractivity contribution in [1.82, 2.24) is 5.32 Å². The topological polar surface area (TPSA) is 145 Å². The van der Waals surface area contributed by atoms with E-state index in [-0.39, 0.29) is 19.8 Å². The number of hydrogen-bond acceptors (Lipinski definition) is 11. The lowest BCUT2D eigenvalue weighted by atomic mass is 9.96. The molecule has 0 radical (unpaired) electrons. The quantitative estimate of drug-likeness (QED) is 0.263. The molecule has 1 heterocycles. The van der Waals surface area contributed by atoms with Crippen LogP contribution in [0, 0.1) is 0 Å². The van der Waals surface area contributed by atoms with Crippen LogP contribution in [0.4, 0.5) is 0 Å². The molecule has 1 N–H and O–H groups in total. The Morgan fingerprint density at radius 3 is 1.87 bits per heavy atom. The first-order valence-corrected chi connectivity index (χ1v) is 10.8. The van der Waals surface area contributed by atoms with Crippen LogP contribution in [0.5, 0.6) is 0 Å². The maximum absolute atomic E-state index is 11.9. The molecular formula is C18H30NO11P. The van der Waals surface area contributed by atoms with Crippen molar-refractivity contribution in [2.24, 2.45) is 0 Å². The lowest BCUT2D eigenvalue weighted by molar-refractivity contribution is -0.258. The molecule has 1 rings (SSSR count). The Kier molecular flexibility index (Phi) is 11.9. The maximum Gasteiger partial charge on any atom is 0.335 e. The van der Waals surface area contributed by atoms with Gasteiger partial charge >= 0.3 is 26.5 Å². The normalized spacial score (nSPS) is 25.6. The average molecular weight is 467 g/mol. The van der Waals surface area contributed by atoms with Gasteiger partial charge in [-0.25, -0.2) is 0 Å². The van der Waals surface area contributed by atoms with Crippen LogP contribution < -0.4 is 5.32 Å². The summed E-state index contributed by atoms with van der Waals surface area (Å²) in [6.07, 6.45) is -4.69. The van der Waals surface area contributed by atoms with Crippen molar-refractivity contribution in [3.05, 3.63) is 0 Å². The zero-order chi connectivity index (χ0) is 23.6. The molecule has 0 saturated carbocycles. The van der Waals surface area contributed by atoms with E-state index in [9.17, 15) is 19.2 Å². The largest absolute Gasteiger partial charge is 0.463 e. The molecule has 0 spiro atoms. The first kappa shape index (κ1) is 27.2. The van der Waals surface area contributed by atoms with Gasteiger partial charge < -0.3 is 33.3 Å². The number of rotatable bonds is 11. The van der Waals surface area contributed by atoms with E-state index in [4.69, 9.17) is 32.5 Å². The molecule has 12 nitrogen and oxygen atoms in total. The maximum atomic E-state index is 11.9. The lowest BCUT2D eigenvalue weighted by Gasteiger charge is -2.45. The SMILES string of the molecule is CCOP(OCC)O[C@H]1O[C@H](COC(C)=O)[C@@H](OC(C)=O)[C@H](OC(C)=O)[C@H]1NC(C)=O. The summed E-state index contributed by atoms with van der Waals surface area (Å²) in [5, 5.41) is 2.60. The second-order valence-corrected chi connectivity index (χ2v) is 7.56. The molecule has 1 fully saturated rings. The molecule has 1 aliphatic rings. The van der Waals surface area contributed by atoms with Crippen molar-refractivity contribution < 1.29 is 51.7 Å². The monoisotopic (exact) mass is 467 g/mol. The summed E-state index contributed by atoms with van der Waals surface area (Å²) >= 11 is 0. The minimum absolute atomic E-state index is 0.281. The summed E-state index contributed by atoms with van der Waals surface area (Å²) in [4.78, 5) is 46.7. The third kappa shape index (κ3) is 9.44. The van der Waals surface area contributed by atoms with Crippen LogP contribution in [-0.4, -0.2) is 74.3 Å². The summed E-state index contributed by atoms with van der Waals surface area (Å²) < 4.78 is 38.2. The molecule has 0 aliphatic carbocycles. The minimum atomic E-state index is -1.88. The molecule has 178 valence electrons. The van der Waals surface area contributed by atoms with E-state index in [1.807, 2.05) is 0 Å². The summed E-state index contributed by atoms with van der Waals surface area (Å²) in [6.45, 7) is 8.50. The van der Waals surface area contributed by atoms with Gasteiger partial charge in [-0.05, 0) is 13.8 Å². The molecule has 0 bridgehead atoms. The molecular weight excluding hydrogens is 437 g/mol. The number of carbonyl (C=O) groups is 4. The Balaban J connectivity index is 3.33. The fourth-order valence-corrected chi connectivity index (χ4v) is 3.74. The van der Waals surface area contributed by atoms with E-state index in [0.29, 0.717) is 0 Å². The first-order valence-electron chi connectivity index (χ1n) is 9.72. The Labute approximate surface area is 182 Å². The highest BCUT2D eigenvalue weighted by Gasteiger charge is 2.52. The van der Waals surface area contributed by atoms with E-state index in [2.05, 4.69) is 5.32 Å². The highest BCUT2D eigenvalue weighted by molar-refractivity contribution is 7.41. The second kappa shape index (κ2) is 13.5. The summed E-state index contributed by atoms with van der Waals surface area (Å²) in [5.41, 5.74) is 0. The number of amides is 1. The molecule has 1 aliphatic heterocycles. The minimum Gasteiger partial charge on any atom is -0.463 e. The fraction of sp³-hybridized carbons (Fsp3) is 0.778. The number of esters is 3. The predicted octanol–water partition coefficient (Wildman–Crippen LogP) is 0.959. The molecule has 0 aromatic carbocycles. The average Bonchev–Trinajstić information content (AvgIpc) is 2.64. The third-order valence-electron chi connectivity index (χ3n) is 3.73. The van der Waals surface area contributed by atoms with Crippen molar-refractivity contribution in [3.63, 3.8) is 0 Å². The van der Waals surface area contributed by atoms with E-state index < -0.39 is 63.1 Å². The molecule has 1 saturated heterocycles. The molecule has 13 heteroatoms. The van der Waals surface area contributed by atoms with Crippen LogP contribution in [0.3, 0.4) is 0 Å². The second-order valence-electron chi connectivity index (χ2n) is 6.38. The van der Waals surface area contributed by atoms with Gasteiger partial charge in [0.25, 0.3) is 0 Å². The Morgan fingerprint density at radius 1 is 0.871 bits per heavy atom. The smallest absolute Gasteiger partial charge is 0.335 e. The molecule has 31 heavy (non-hydrogen) atoms. The van der Waals surface area contributed by atoms with Crippen LogP contribution in [0.25, 0.3) is 0 Å². The van der Waals surface area contributed by atoms with E-state index in [1.54, 1.807) is 13.8 Å². The standard InChI is InChI=1S/C18H30NO11P/c1-7-25-31(26-8-2)30-18-15(19-10(3)20)17(28-13(6)23)16(27-12(5)22)14(29-18)9-24-11(4)21/h14-18H,7-9H2,1-6H3,(H,19,20)/t14-,15-,16-,17-,18-/m1/s1. The van der Waals surface area contributed by atoms with Crippen LogP contribution in [0.1, 0.15) is 41.5 Å². The molecule has 0 aromatic heterocycles. The van der Waals surface area contributed by atoms with Gasteiger partial charge in [-0.1, -0.05) is 0 Å². The Morgan fingerprint density at radius 2 is 1.42 bits per heavy atom. The van der Waals surface area contributed by atoms with Crippen molar-refractivity contribution in [2.75, 3.05) is 19.8 Å². The van der Waals surface area contributed by atoms with Crippen LogP contribution in [-0.2, 0) is 51.7 Å². The van der Waals surface area contributed by atoms with Gasteiger partial charge in [0.15, 0.2) is 18.5 Å². The van der Waals surface area contributed by atoms with Gasteiger partial charge in [0, 0.05) is 27.7 Å². The lowest BCUT2D eigenvalue weighted by Crippen LogP contribution is -2.66. The van der Waals surface area contributed by atoms with Gasteiger partial charge in [0.05, 0.1) is 13.2 Å². The fourth-order valence-electron chi connectivity index (χ4n) is 2.77. The summed E-state index contributed by atoms with van der Waals surface area (Å²) in [7, 11) is -1.88. The van der Waals surface area contributed by atoms with Crippen LogP contribution in [0.2, 0.25) is 0 Å². The first-order chi connectivity index (χ1) is 14.6. The Bertz CT molecular complexity index is 626. The Hall–Kier alpha value is -1.85. The predicted molar refractivity (Wildman–Crippen MR) is 105 cm³/mol. The van der Waals surface area contributed by atoms with E-state index >= 15 is 0 Å². The van der Waals surface area contributed by atoms with E-state index in [0.717, 1.165) is 13.8 Å². The number of ether oxygens (including phenoxy) is 4. The molecule has 0 unspecified atom stereocenters. The van der Waals surface area contributed by atoms with Gasteiger partial charge in [-0.2, -0.15) is 0 Å². The molecule has 0 aromatic rings. The highest BCUT2D eigenvalue weighted by Crippen LogP contribution is 2.43. The van der Waals surface area contributed by atoms with Gasteiger partial charge in [-0.3, -0.25) is 23.7 Å². The summed E-state index contributed by atoms with van der Waals surface area (Å²) in [6, 6.07) is -1.08. The van der Waals surface area contributed by atoms with E-state index in [1.165, 1.54) is 13.8 Å². The van der Waals surface area contributed by atoms with Crippen molar-refractivity contribution in [1.29, 1.82) is 0 Å². The molecule has 1 amide bonds. The van der Waals surface area contributed by atoms with Crippen molar-refractivity contribution >= 4 is 32.4 Å². The highest BCUT2D eigenvalue weighted by atomic mass is 31.2. The van der Waals surface area contributed by atoms with Gasteiger partial charge in [-0.15, -0.1) is 0 Å². The zero-order valence-electron chi connectivity index (χ0n) is 18.4. The van der Waals surface area contributed by atoms with Gasteiger partial charge in [0.2, 0.25) is 5.91 Å². The zero-order valence-corrected chi connectivity index (χ0v) is 19.3. The molecule has 5 atom stereocenters. The number of carbonyl (C=O) groups excluding carboxylic acids is 4. The summed E-state index contributed by atoms with van der Waals surface area (Å²) in [5.74, 6) is -2.45. The van der Waals surface area contributed by atoms with Gasteiger partial charge in [0.1, 0.15) is 18.8 Å². The van der Waals surface area contributed by atoms with Crippen LogP contribution >= 0.6 is 8.60 Å².